The van der Waals surface area contributed by atoms with Gasteiger partial charge in [-0.05, 0) is 6.42 Å². The van der Waals surface area contributed by atoms with E-state index in [4.69, 9.17) is 10.7 Å². The van der Waals surface area contributed by atoms with Crippen LogP contribution in [0, 0.1) is 0 Å². The topological polar surface area (TPSA) is 61.7 Å². The Labute approximate surface area is 114 Å². The fourth-order valence-corrected chi connectivity index (χ4v) is 2.24. The lowest BCUT2D eigenvalue weighted by Gasteiger charge is -2.19. The first kappa shape index (κ1) is 13.6. The van der Waals surface area contributed by atoms with E-state index in [-0.39, 0.29) is 5.41 Å². The van der Waals surface area contributed by atoms with Crippen molar-refractivity contribution in [3.05, 3.63) is 18.2 Å². The summed E-state index contributed by atoms with van der Waals surface area (Å²) in [7, 11) is 1.90. The highest BCUT2D eigenvalue weighted by molar-refractivity contribution is 5.70. The van der Waals surface area contributed by atoms with Gasteiger partial charge >= 0.3 is 0 Å². The Bertz CT molecular complexity index is 571. The molecular weight excluding hydrogens is 238 g/mol. The number of rotatable bonds is 3. The smallest absolute Gasteiger partial charge is 0.131 e. The molecular formula is C14H23N5. The SMILES string of the molecule is CCCn1c(C(C)(C)C)nc(-c2cnn(C)c2)c1N. The van der Waals surface area contributed by atoms with Gasteiger partial charge in [-0.25, -0.2) is 4.98 Å². The standard InChI is InChI=1S/C14H23N5/c1-6-7-19-12(15)11(10-8-16-18(5)9-10)17-13(19)14(2,3)4/h8-9H,6-7,15H2,1-5H3. The monoisotopic (exact) mass is 261 g/mol. The number of nitrogen functional groups attached to an aromatic ring is 1. The van der Waals surface area contributed by atoms with Crippen LogP contribution in [0.2, 0.25) is 0 Å². The molecule has 0 unspecified atom stereocenters. The Morgan fingerprint density at radius 3 is 2.47 bits per heavy atom. The summed E-state index contributed by atoms with van der Waals surface area (Å²) in [6.07, 6.45) is 4.79. The van der Waals surface area contributed by atoms with Crippen molar-refractivity contribution in [2.45, 2.75) is 46.1 Å². The van der Waals surface area contributed by atoms with Gasteiger partial charge in [-0.1, -0.05) is 27.7 Å². The Hall–Kier alpha value is -1.78. The highest BCUT2D eigenvalue weighted by Crippen LogP contribution is 2.31. The van der Waals surface area contributed by atoms with Gasteiger partial charge in [-0.3, -0.25) is 4.68 Å². The average Bonchev–Trinajstić information content (AvgIpc) is 2.84. The molecule has 2 aromatic rings. The molecule has 0 aliphatic heterocycles. The molecule has 0 atom stereocenters. The summed E-state index contributed by atoms with van der Waals surface area (Å²) in [5.74, 6) is 1.77. The number of nitrogens with zero attached hydrogens (tertiary/aromatic N) is 4. The number of aryl methyl sites for hydroxylation is 1. The molecule has 0 saturated carbocycles. The average molecular weight is 261 g/mol. The van der Waals surface area contributed by atoms with Crippen LogP contribution in [0.4, 0.5) is 5.82 Å². The molecule has 0 fully saturated rings. The van der Waals surface area contributed by atoms with Gasteiger partial charge in [-0.2, -0.15) is 5.10 Å². The van der Waals surface area contributed by atoms with E-state index in [0.717, 1.165) is 35.9 Å². The zero-order valence-electron chi connectivity index (χ0n) is 12.4. The van der Waals surface area contributed by atoms with Gasteiger partial charge in [0.1, 0.15) is 17.3 Å². The lowest BCUT2D eigenvalue weighted by Crippen LogP contribution is -2.19. The van der Waals surface area contributed by atoms with Gasteiger partial charge in [-0.15, -0.1) is 0 Å². The molecule has 0 bridgehead atoms. The number of aromatic nitrogens is 4. The lowest BCUT2D eigenvalue weighted by atomic mass is 9.95. The summed E-state index contributed by atoms with van der Waals surface area (Å²) in [5, 5.41) is 4.19. The Morgan fingerprint density at radius 2 is 2.00 bits per heavy atom. The van der Waals surface area contributed by atoms with Gasteiger partial charge in [0.05, 0.1) is 6.20 Å². The summed E-state index contributed by atoms with van der Waals surface area (Å²) < 4.78 is 3.90. The molecule has 0 saturated heterocycles. The highest BCUT2D eigenvalue weighted by atomic mass is 15.2. The molecule has 2 aromatic heterocycles. The van der Waals surface area contributed by atoms with Crippen LogP contribution in [-0.4, -0.2) is 19.3 Å². The van der Waals surface area contributed by atoms with E-state index in [0.29, 0.717) is 0 Å². The zero-order chi connectivity index (χ0) is 14.2. The van der Waals surface area contributed by atoms with Gasteiger partial charge in [0.2, 0.25) is 0 Å². The van der Waals surface area contributed by atoms with Crippen molar-refractivity contribution in [1.82, 2.24) is 19.3 Å². The summed E-state index contributed by atoms with van der Waals surface area (Å²) >= 11 is 0. The Kier molecular flexibility index (Phi) is 3.39. The quantitative estimate of drug-likeness (QED) is 0.923. The van der Waals surface area contributed by atoms with E-state index in [2.05, 4.69) is 37.4 Å². The minimum Gasteiger partial charge on any atom is -0.383 e. The minimum atomic E-state index is -0.0241. The molecule has 5 nitrogen and oxygen atoms in total. The summed E-state index contributed by atoms with van der Waals surface area (Å²) in [4.78, 5) is 4.77. The van der Waals surface area contributed by atoms with Gasteiger partial charge in [0, 0.05) is 30.8 Å². The third kappa shape index (κ3) is 2.50. The zero-order valence-corrected chi connectivity index (χ0v) is 12.4. The molecule has 0 radical (unpaired) electrons. The van der Waals surface area contributed by atoms with Crippen LogP contribution in [0.5, 0.6) is 0 Å². The highest BCUT2D eigenvalue weighted by Gasteiger charge is 2.25. The van der Waals surface area contributed by atoms with Gasteiger partial charge < -0.3 is 10.3 Å². The maximum Gasteiger partial charge on any atom is 0.131 e. The van der Waals surface area contributed by atoms with Crippen LogP contribution in [0.3, 0.4) is 0 Å². The Morgan fingerprint density at radius 1 is 1.32 bits per heavy atom. The molecule has 0 aliphatic rings. The van der Waals surface area contributed by atoms with Crippen molar-refractivity contribution in [3.63, 3.8) is 0 Å². The molecule has 104 valence electrons. The maximum atomic E-state index is 6.29. The van der Waals surface area contributed by atoms with Gasteiger partial charge in [0.15, 0.2) is 0 Å². The van der Waals surface area contributed by atoms with Crippen LogP contribution in [0.15, 0.2) is 12.4 Å². The normalized spacial score (nSPS) is 12.1. The van der Waals surface area contributed by atoms with E-state index in [1.165, 1.54) is 0 Å². The van der Waals surface area contributed by atoms with Crippen molar-refractivity contribution in [2.75, 3.05) is 5.73 Å². The maximum absolute atomic E-state index is 6.29. The van der Waals surface area contributed by atoms with E-state index >= 15 is 0 Å². The Balaban J connectivity index is 2.58. The molecule has 0 amide bonds. The summed E-state index contributed by atoms with van der Waals surface area (Å²) in [5.41, 5.74) is 8.08. The fraction of sp³-hybridized carbons (Fsp3) is 0.571. The summed E-state index contributed by atoms with van der Waals surface area (Å²) in [6.45, 7) is 9.52. The van der Waals surface area contributed by atoms with Gasteiger partial charge in [0.25, 0.3) is 0 Å². The molecule has 2 heterocycles. The number of imidazole rings is 1. The number of nitrogens with two attached hydrogens (primary N) is 1. The van der Waals surface area contributed by atoms with Crippen molar-refractivity contribution in [3.8, 4) is 11.3 Å². The molecule has 2 N–H and O–H groups in total. The number of hydrogen-bond acceptors (Lipinski definition) is 3. The van der Waals surface area contributed by atoms with E-state index < -0.39 is 0 Å². The van der Waals surface area contributed by atoms with Crippen LogP contribution < -0.4 is 5.73 Å². The third-order valence-electron chi connectivity index (χ3n) is 3.10. The second-order valence-corrected chi connectivity index (χ2v) is 5.97. The molecule has 0 aromatic carbocycles. The second kappa shape index (κ2) is 4.72. The molecule has 0 aliphatic carbocycles. The van der Waals surface area contributed by atoms with Crippen LogP contribution >= 0.6 is 0 Å². The van der Waals surface area contributed by atoms with Crippen molar-refractivity contribution in [1.29, 1.82) is 0 Å². The van der Waals surface area contributed by atoms with E-state index in [1.807, 2.05) is 13.2 Å². The molecule has 2 rings (SSSR count). The fourth-order valence-electron chi connectivity index (χ4n) is 2.24. The van der Waals surface area contributed by atoms with Crippen LogP contribution in [0.25, 0.3) is 11.3 Å². The predicted molar refractivity (Wildman–Crippen MR) is 77.8 cm³/mol. The van der Waals surface area contributed by atoms with E-state index in [1.54, 1.807) is 10.9 Å². The second-order valence-electron chi connectivity index (χ2n) is 5.97. The first-order chi connectivity index (χ1) is 8.84. The molecule has 19 heavy (non-hydrogen) atoms. The van der Waals surface area contributed by atoms with Crippen molar-refractivity contribution >= 4 is 5.82 Å². The number of hydrogen-bond donors (Lipinski definition) is 1. The van der Waals surface area contributed by atoms with Crippen molar-refractivity contribution in [2.24, 2.45) is 7.05 Å². The third-order valence-corrected chi connectivity index (χ3v) is 3.10. The van der Waals surface area contributed by atoms with Crippen molar-refractivity contribution < 1.29 is 0 Å². The molecule has 0 spiro atoms. The predicted octanol–water partition coefficient (Wildman–Crippen LogP) is 2.57. The minimum absolute atomic E-state index is 0.0241. The van der Waals surface area contributed by atoms with E-state index in [9.17, 15) is 0 Å². The van der Waals surface area contributed by atoms with Crippen LogP contribution in [0.1, 0.15) is 39.9 Å². The number of anilines is 1. The largest absolute Gasteiger partial charge is 0.383 e. The first-order valence-electron chi connectivity index (χ1n) is 6.70. The lowest BCUT2D eigenvalue weighted by molar-refractivity contribution is 0.498. The van der Waals surface area contributed by atoms with Crippen LogP contribution in [-0.2, 0) is 19.0 Å². The molecule has 5 heteroatoms. The first-order valence-corrected chi connectivity index (χ1v) is 6.70. The summed E-state index contributed by atoms with van der Waals surface area (Å²) in [6, 6.07) is 0.